The highest BCUT2D eigenvalue weighted by Crippen LogP contribution is 2.16. The van der Waals surface area contributed by atoms with Crippen molar-refractivity contribution in [3.63, 3.8) is 0 Å². The monoisotopic (exact) mass is 408 g/mol. The molecule has 4 heterocycles. The van der Waals surface area contributed by atoms with Crippen molar-refractivity contribution >= 4 is 28.4 Å². The van der Waals surface area contributed by atoms with Crippen LogP contribution in [0, 0.1) is 0 Å². The molecule has 4 rings (SSSR count). The van der Waals surface area contributed by atoms with Gasteiger partial charge in [-0.2, -0.15) is 0 Å². The number of aromatic nitrogens is 3. The van der Waals surface area contributed by atoms with E-state index in [9.17, 15) is 9.59 Å². The second-order valence-corrected chi connectivity index (χ2v) is 6.79. The highest BCUT2D eigenvalue weighted by atomic mass is 16.5. The van der Waals surface area contributed by atoms with Crippen LogP contribution >= 0.6 is 0 Å². The van der Waals surface area contributed by atoms with Gasteiger partial charge in [0.1, 0.15) is 23.3 Å². The van der Waals surface area contributed by atoms with E-state index in [0.717, 1.165) is 0 Å². The van der Waals surface area contributed by atoms with Crippen molar-refractivity contribution in [2.45, 2.75) is 13.0 Å². The van der Waals surface area contributed by atoms with Gasteiger partial charge in [0.05, 0.1) is 6.26 Å². The maximum absolute atomic E-state index is 13.1. The zero-order valence-electron chi connectivity index (χ0n) is 16.5. The number of carbonyl (C=O) groups is 1. The van der Waals surface area contributed by atoms with Gasteiger partial charge in [-0.3, -0.25) is 14.0 Å². The number of hydrogen-bond acceptors (Lipinski definition) is 6. The van der Waals surface area contributed by atoms with Gasteiger partial charge in [0.15, 0.2) is 0 Å². The Kier molecular flexibility index (Phi) is 5.44. The van der Waals surface area contributed by atoms with Crippen LogP contribution in [-0.2, 0) is 11.3 Å². The number of furan rings is 1. The van der Waals surface area contributed by atoms with Gasteiger partial charge in [-0.05, 0) is 36.8 Å². The number of nitrogen functional groups attached to an aromatic ring is 1. The molecule has 154 valence electrons. The molecule has 9 heteroatoms. The molecule has 4 aromatic heterocycles. The van der Waals surface area contributed by atoms with Crippen LogP contribution < -0.4 is 21.2 Å². The molecule has 0 bridgehead atoms. The zero-order valence-corrected chi connectivity index (χ0v) is 16.5. The lowest BCUT2D eigenvalue weighted by Gasteiger charge is -2.12. The number of nitrogens with two attached hydrogens (primary N) is 1. The molecule has 0 saturated heterocycles. The number of anilines is 1. The van der Waals surface area contributed by atoms with E-state index in [1.165, 1.54) is 10.5 Å². The molecular formula is C21H22N5O4+. The lowest BCUT2D eigenvalue weighted by atomic mass is 10.1. The largest absolute Gasteiger partial charge is 0.466 e. The van der Waals surface area contributed by atoms with Crippen molar-refractivity contribution in [2.75, 3.05) is 26.0 Å². The van der Waals surface area contributed by atoms with Crippen LogP contribution in [0.25, 0.3) is 16.7 Å². The maximum Gasteiger partial charge on any atom is 0.278 e. The van der Waals surface area contributed by atoms with Crippen molar-refractivity contribution in [1.29, 1.82) is 0 Å². The van der Waals surface area contributed by atoms with Crippen molar-refractivity contribution < 1.29 is 18.5 Å². The van der Waals surface area contributed by atoms with Crippen molar-refractivity contribution in [3.05, 3.63) is 70.5 Å². The molecule has 0 aromatic carbocycles. The number of amides is 1. The van der Waals surface area contributed by atoms with Gasteiger partial charge in [-0.15, -0.1) is 0 Å². The van der Waals surface area contributed by atoms with Crippen molar-refractivity contribution in [1.82, 2.24) is 14.7 Å². The lowest BCUT2D eigenvalue weighted by Crippen LogP contribution is -2.43. The van der Waals surface area contributed by atoms with Crippen LogP contribution in [0.3, 0.4) is 0 Å². The summed E-state index contributed by atoms with van der Waals surface area (Å²) in [7, 11) is 1.60. The molecular weight excluding hydrogens is 386 g/mol. The predicted molar refractivity (Wildman–Crippen MR) is 110 cm³/mol. The fraction of sp³-hybridized carbons (Fsp3) is 0.238. The first kappa shape index (κ1) is 19.6. The van der Waals surface area contributed by atoms with Crippen molar-refractivity contribution in [2.24, 2.45) is 0 Å². The number of fused-ring (bicyclic) bond motifs is 2. The van der Waals surface area contributed by atoms with E-state index in [4.69, 9.17) is 14.9 Å². The minimum atomic E-state index is -0.365. The fourth-order valence-corrected chi connectivity index (χ4v) is 3.31. The summed E-state index contributed by atoms with van der Waals surface area (Å²) in [6.45, 7) is 1.19. The summed E-state index contributed by atoms with van der Waals surface area (Å²) in [5.74, 6) is 0.465. The van der Waals surface area contributed by atoms with Crippen LogP contribution in [0.15, 0.2) is 58.1 Å². The third-order valence-corrected chi connectivity index (χ3v) is 4.81. The Morgan fingerprint density at radius 1 is 1.33 bits per heavy atom. The SMILES string of the molecule is COCCCNC(=O)c1cc2c(=O)n3ccccc3nc2[n+](Cc2ccco2)c1N. The molecule has 0 atom stereocenters. The summed E-state index contributed by atoms with van der Waals surface area (Å²) >= 11 is 0. The fourth-order valence-electron chi connectivity index (χ4n) is 3.31. The topological polar surface area (TPSA) is 116 Å². The minimum Gasteiger partial charge on any atom is -0.466 e. The Hall–Kier alpha value is -3.72. The first-order chi connectivity index (χ1) is 14.6. The summed E-state index contributed by atoms with van der Waals surface area (Å²) in [5, 5.41) is 3.11. The van der Waals surface area contributed by atoms with E-state index in [1.807, 2.05) is 0 Å². The molecule has 0 aliphatic rings. The summed E-state index contributed by atoms with van der Waals surface area (Å²) in [6, 6.07) is 10.4. The molecule has 0 fully saturated rings. The molecule has 0 aliphatic carbocycles. The van der Waals surface area contributed by atoms with Gasteiger partial charge in [-0.25, -0.2) is 4.57 Å². The number of ether oxygens (including phenoxy) is 1. The van der Waals surface area contributed by atoms with E-state index in [-0.39, 0.29) is 29.4 Å². The van der Waals surface area contributed by atoms with Crippen LogP contribution in [0.2, 0.25) is 0 Å². The quantitative estimate of drug-likeness (QED) is 0.269. The van der Waals surface area contributed by atoms with Gasteiger partial charge in [0, 0.05) is 26.5 Å². The molecule has 1 amide bonds. The van der Waals surface area contributed by atoms with Gasteiger partial charge in [0.25, 0.3) is 17.1 Å². The molecule has 0 saturated carbocycles. The van der Waals surface area contributed by atoms with Crippen LogP contribution in [0.5, 0.6) is 0 Å². The third kappa shape index (κ3) is 3.62. The summed E-state index contributed by atoms with van der Waals surface area (Å²) in [4.78, 5) is 30.6. The Morgan fingerprint density at radius 2 is 2.20 bits per heavy atom. The summed E-state index contributed by atoms with van der Waals surface area (Å²) < 4.78 is 13.5. The average molecular weight is 408 g/mol. The number of nitrogens with one attached hydrogen (secondary N) is 1. The number of carbonyl (C=O) groups excluding carboxylic acids is 1. The van der Waals surface area contributed by atoms with E-state index in [0.29, 0.717) is 42.0 Å². The Balaban J connectivity index is 1.89. The molecule has 0 aliphatic heterocycles. The summed E-state index contributed by atoms with van der Waals surface area (Å²) in [6.07, 6.45) is 3.86. The smallest absolute Gasteiger partial charge is 0.278 e. The van der Waals surface area contributed by atoms with Crippen LogP contribution in [0.4, 0.5) is 5.82 Å². The standard InChI is InChI=1S/C21H21N5O4/c1-29-10-5-8-23-20(27)15-12-16-19(24-17-7-2-3-9-25(17)21(16)28)26(18(15)22)13-14-6-4-11-30-14/h2-4,6-7,9,11-12,22H,5,8,10,13H2,1H3,(H,23,27)/p+1. The number of methoxy groups -OCH3 is 1. The van der Waals surface area contributed by atoms with E-state index in [2.05, 4.69) is 10.3 Å². The van der Waals surface area contributed by atoms with E-state index < -0.39 is 0 Å². The highest BCUT2D eigenvalue weighted by molar-refractivity contribution is 6.00. The second kappa shape index (κ2) is 8.34. The number of nitrogens with zero attached hydrogens (tertiary/aromatic N) is 3. The first-order valence-corrected chi connectivity index (χ1v) is 9.53. The Bertz CT molecular complexity index is 1260. The Labute approximate surface area is 171 Å². The van der Waals surface area contributed by atoms with E-state index in [1.54, 1.807) is 54.5 Å². The molecule has 9 nitrogen and oxygen atoms in total. The first-order valence-electron chi connectivity index (χ1n) is 9.53. The summed E-state index contributed by atoms with van der Waals surface area (Å²) in [5.41, 5.74) is 7.18. The number of hydrogen-bond donors (Lipinski definition) is 2. The predicted octanol–water partition coefficient (Wildman–Crippen LogP) is 1.12. The minimum absolute atomic E-state index is 0.204. The van der Waals surface area contributed by atoms with Gasteiger partial charge in [0.2, 0.25) is 11.5 Å². The Morgan fingerprint density at radius 3 is 2.97 bits per heavy atom. The molecule has 0 spiro atoms. The molecule has 0 radical (unpaired) electrons. The van der Waals surface area contributed by atoms with Crippen molar-refractivity contribution in [3.8, 4) is 0 Å². The maximum atomic E-state index is 13.1. The molecule has 0 unspecified atom stereocenters. The third-order valence-electron chi connectivity index (χ3n) is 4.81. The number of rotatable bonds is 7. The number of pyridine rings is 2. The van der Waals surface area contributed by atoms with E-state index >= 15 is 0 Å². The van der Waals surface area contributed by atoms with Gasteiger partial charge in [-0.1, -0.05) is 11.1 Å². The van der Waals surface area contributed by atoms with Gasteiger partial charge >= 0.3 is 0 Å². The van der Waals surface area contributed by atoms with Crippen LogP contribution in [-0.4, -0.2) is 35.6 Å². The zero-order chi connectivity index (χ0) is 21.1. The second-order valence-electron chi connectivity index (χ2n) is 6.79. The molecule has 4 aromatic rings. The molecule has 3 N–H and O–H groups in total. The van der Waals surface area contributed by atoms with Crippen LogP contribution in [0.1, 0.15) is 22.5 Å². The highest BCUT2D eigenvalue weighted by Gasteiger charge is 2.24. The lowest BCUT2D eigenvalue weighted by molar-refractivity contribution is -0.651. The van der Waals surface area contributed by atoms with Gasteiger partial charge < -0.3 is 20.2 Å². The average Bonchev–Trinajstić information content (AvgIpc) is 3.27. The normalized spacial score (nSPS) is 11.2. The molecule has 30 heavy (non-hydrogen) atoms.